The average molecular weight is 503 g/mol. The molecule has 0 radical (unpaired) electrons. The van der Waals surface area contributed by atoms with Crippen molar-refractivity contribution in [3.8, 4) is 0 Å². The zero-order valence-electron chi connectivity index (χ0n) is 17.1. The predicted octanol–water partition coefficient (Wildman–Crippen LogP) is 4.06. The maximum absolute atomic E-state index is 4.51. The second-order valence-corrected chi connectivity index (χ2v) is 6.90. The summed E-state index contributed by atoms with van der Waals surface area (Å²) < 4.78 is 2.20. The second-order valence-electron chi connectivity index (χ2n) is 6.90. The molecule has 0 saturated carbocycles. The molecule has 0 aliphatic heterocycles. The fraction of sp³-hybridized carbons (Fsp3) is 0.304. The van der Waals surface area contributed by atoms with Crippen molar-refractivity contribution in [3.05, 3.63) is 90.0 Å². The highest BCUT2D eigenvalue weighted by Crippen LogP contribution is 2.12. The van der Waals surface area contributed by atoms with Crippen LogP contribution in [-0.4, -0.2) is 35.6 Å². The van der Waals surface area contributed by atoms with Gasteiger partial charge >= 0.3 is 0 Å². The molecular weight excluding hydrogens is 473 g/mol. The number of aromatic nitrogens is 2. The minimum absolute atomic E-state index is 0. The molecule has 1 unspecified atom stereocenters. The normalized spacial score (nSPS) is 12.1. The van der Waals surface area contributed by atoms with E-state index in [4.69, 9.17) is 0 Å². The lowest BCUT2D eigenvalue weighted by molar-refractivity contribution is 0.677. The summed E-state index contributed by atoms with van der Waals surface area (Å²) in [6, 6.07) is 21.0. The van der Waals surface area contributed by atoms with Gasteiger partial charge < -0.3 is 15.2 Å². The van der Waals surface area contributed by atoms with Gasteiger partial charge in [0.05, 0.1) is 0 Å². The Bertz CT molecular complexity index is 861. The van der Waals surface area contributed by atoms with E-state index in [1.165, 1.54) is 11.1 Å². The van der Waals surface area contributed by atoms with Crippen molar-refractivity contribution in [1.82, 2.24) is 20.2 Å². The van der Waals surface area contributed by atoms with Crippen LogP contribution in [-0.2, 0) is 13.0 Å². The fourth-order valence-electron chi connectivity index (χ4n) is 3.15. The number of guanidine groups is 1. The van der Waals surface area contributed by atoms with Crippen LogP contribution in [0.5, 0.6) is 0 Å². The average Bonchev–Trinajstić information content (AvgIpc) is 3.18. The molecule has 29 heavy (non-hydrogen) atoms. The molecule has 0 bridgehead atoms. The highest BCUT2D eigenvalue weighted by atomic mass is 127. The number of benzene rings is 2. The van der Waals surface area contributed by atoms with E-state index < -0.39 is 0 Å². The molecule has 2 aromatic carbocycles. The van der Waals surface area contributed by atoms with Crippen molar-refractivity contribution in [2.24, 2.45) is 4.99 Å². The molecule has 1 aromatic heterocycles. The quantitative estimate of drug-likeness (QED) is 0.277. The van der Waals surface area contributed by atoms with Gasteiger partial charge in [-0.15, -0.1) is 24.0 Å². The second kappa shape index (κ2) is 12.3. The molecule has 0 spiro atoms. The van der Waals surface area contributed by atoms with Crippen LogP contribution in [0.2, 0.25) is 0 Å². The van der Waals surface area contributed by atoms with E-state index in [9.17, 15) is 0 Å². The molecule has 5 nitrogen and oxygen atoms in total. The summed E-state index contributed by atoms with van der Waals surface area (Å²) >= 11 is 0. The summed E-state index contributed by atoms with van der Waals surface area (Å²) in [5.74, 6) is 2.32. The Labute approximate surface area is 190 Å². The summed E-state index contributed by atoms with van der Waals surface area (Å²) in [6.07, 6.45) is 4.75. The van der Waals surface area contributed by atoms with Crippen LogP contribution in [0.25, 0.3) is 0 Å². The number of nitrogens with one attached hydrogen (secondary N) is 2. The Hall–Kier alpha value is -2.35. The first-order chi connectivity index (χ1) is 13.8. The fourth-order valence-corrected chi connectivity index (χ4v) is 3.15. The van der Waals surface area contributed by atoms with Crippen molar-refractivity contribution in [2.75, 3.05) is 20.1 Å². The van der Waals surface area contributed by atoms with Crippen molar-refractivity contribution in [3.63, 3.8) is 0 Å². The van der Waals surface area contributed by atoms with Crippen molar-refractivity contribution >= 4 is 29.9 Å². The first kappa shape index (κ1) is 22.9. The van der Waals surface area contributed by atoms with E-state index in [0.29, 0.717) is 5.92 Å². The van der Waals surface area contributed by atoms with Crippen LogP contribution in [0.15, 0.2) is 78.0 Å². The molecular formula is C23H30IN5. The lowest BCUT2D eigenvalue weighted by Crippen LogP contribution is -2.40. The molecule has 1 heterocycles. The van der Waals surface area contributed by atoms with Crippen LogP contribution >= 0.6 is 24.0 Å². The van der Waals surface area contributed by atoms with Gasteiger partial charge in [-0.2, -0.15) is 0 Å². The number of hydrogen-bond donors (Lipinski definition) is 2. The third kappa shape index (κ3) is 7.20. The largest absolute Gasteiger partial charge is 0.356 e. The van der Waals surface area contributed by atoms with Gasteiger partial charge in [-0.25, -0.2) is 4.98 Å². The molecule has 0 fully saturated rings. The van der Waals surface area contributed by atoms with Gasteiger partial charge in [0.15, 0.2) is 5.96 Å². The Morgan fingerprint density at radius 2 is 1.72 bits per heavy atom. The minimum atomic E-state index is 0. The maximum atomic E-state index is 4.51. The molecule has 0 aliphatic carbocycles. The predicted molar refractivity (Wildman–Crippen MR) is 131 cm³/mol. The first-order valence-electron chi connectivity index (χ1n) is 9.79. The molecule has 0 amide bonds. The number of halogens is 1. The molecule has 3 aromatic rings. The highest BCUT2D eigenvalue weighted by Gasteiger charge is 2.07. The van der Waals surface area contributed by atoms with Crippen LogP contribution in [0, 0.1) is 0 Å². The molecule has 154 valence electrons. The monoisotopic (exact) mass is 503 g/mol. The minimum Gasteiger partial charge on any atom is -0.356 e. The first-order valence-corrected chi connectivity index (χ1v) is 9.79. The van der Waals surface area contributed by atoms with Crippen LogP contribution in [0.4, 0.5) is 0 Å². The molecule has 3 rings (SSSR count). The lowest BCUT2D eigenvalue weighted by Gasteiger charge is -2.16. The van der Waals surface area contributed by atoms with Crippen molar-refractivity contribution < 1.29 is 0 Å². The number of rotatable bonds is 8. The Morgan fingerprint density at radius 3 is 2.41 bits per heavy atom. The molecule has 0 saturated heterocycles. The smallest absolute Gasteiger partial charge is 0.191 e. The third-order valence-electron chi connectivity index (χ3n) is 4.81. The van der Waals surface area contributed by atoms with Gasteiger partial charge in [-0.1, -0.05) is 67.6 Å². The maximum Gasteiger partial charge on any atom is 0.191 e. The summed E-state index contributed by atoms with van der Waals surface area (Å²) in [6.45, 7) is 4.69. The van der Waals surface area contributed by atoms with Gasteiger partial charge in [0, 0.05) is 45.5 Å². The van der Waals surface area contributed by atoms with E-state index in [1.807, 2.05) is 24.5 Å². The van der Waals surface area contributed by atoms with Crippen molar-refractivity contribution in [1.29, 1.82) is 0 Å². The van der Waals surface area contributed by atoms with Gasteiger partial charge in [0.1, 0.15) is 5.82 Å². The van der Waals surface area contributed by atoms with E-state index in [2.05, 4.69) is 80.6 Å². The topological polar surface area (TPSA) is 54.2 Å². The summed E-state index contributed by atoms with van der Waals surface area (Å²) in [5.41, 5.74) is 2.61. The van der Waals surface area contributed by atoms with Gasteiger partial charge in [-0.3, -0.25) is 4.99 Å². The zero-order chi connectivity index (χ0) is 19.6. The standard InChI is InChI=1S/C23H29N5.HI/c1-19(21-11-7-4-8-12-21)17-27-23(24-2)26-14-13-22-25-15-16-28(22)18-20-9-5-3-6-10-20;/h3-12,15-16,19H,13-14,17-18H2,1-2H3,(H2,24,26,27);1H. The lowest BCUT2D eigenvalue weighted by atomic mass is 10.0. The van der Waals surface area contributed by atoms with Gasteiger partial charge in [0.2, 0.25) is 0 Å². The molecule has 6 heteroatoms. The zero-order valence-corrected chi connectivity index (χ0v) is 19.4. The Kier molecular flexibility index (Phi) is 9.70. The van der Waals surface area contributed by atoms with E-state index in [0.717, 1.165) is 37.8 Å². The Morgan fingerprint density at radius 1 is 1.03 bits per heavy atom. The number of nitrogens with zero attached hydrogens (tertiary/aromatic N) is 3. The number of aliphatic imine (C=N–C) groups is 1. The van der Waals surface area contributed by atoms with E-state index in [1.54, 1.807) is 7.05 Å². The SMILES string of the molecule is CN=C(NCCc1nccn1Cc1ccccc1)NCC(C)c1ccccc1.I. The molecule has 2 N–H and O–H groups in total. The van der Waals surface area contributed by atoms with Gasteiger partial charge in [-0.05, 0) is 17.0 Å². The molecule has 1 atom stereocenters. The van der Waals surface area contributed by atoms with E-state index >= 15 is 0 Å². The van der Waals surface area contributed by atoms with Gasteiger partial charge in [0.25, 0.3) is 0 Å². The number of hydrogen-bond acceptors (Lipinski definition) is 2. The molecule has 0 aliphatic rings. The highest BCUT2D eigenvalue weighted by molar-refractivity contribution is 14.0. The third-order valence-corrected chi connectivity index (χ3v) is 4.81. The Balaban J connectivity index is 0.00000300. The number of imidazole rings is 1. The van der Waals surface area contributed by atoms with Crippen molar-refractivity contribution in [2.45, 2.75) is 25.8 Å². The van der Waals surface area contributed by atoms with Crippen LogP contribution in [0.3, 0.4) is 0 Å². The summed E-state index contributed by atoms with van der Waals surface area (Å²) in [5, 5.41) is 6.81. The summed E-state index contributed by atoms with van der Waals surface area (Å²) in [4.78, 5) is 8.84. The van der Waals surface area contributed by atoms with E-state index in [-0.39, 0.29) is 24.0 Å². The summed E-state index contributed by atoms with van der Waals surface area (Å²) in [7, 11) is 1.80. The van der Waals surface area contributed by atoms with Crippen LogP contribution in [0.1, 0.15) is 29.8 Å². The van der Waals surface area contributed by atoms with Crippen LogP contribution < -0.4 is 10.6 Å².